The number of alkyl halides is 2. The van der Waals surface area contributed by atoms with Crippen molar-refractivity contribution in [3.05, 3.63) is 12.3 Å². The molecule has 0 aromatic rings. The van der Waals surface area contributed by atoms with Gasteiger partial charge in [0.15, 0.2) is 0 Å². The number of halogens is 2. The summed E-state index contributed by atoms with van der Waals surface area (Å²) < 4.78 is 26.4. The molecule has 2 aliphatic heterocycles. The molecule has 0 bridgehead atoms. The number of nitrogens with zero attached hydrogens (tertiary/aromatic N) is 2. The van der Waals surface area contributed by atoms with E-state index in [1.54, 1.807) is 0 Å². The standard InChI is InChI=1S/C14H23F2N3O/c15-13(16)5-8-18(9-6-13)19-7-1-4-14(20,11-19)17-10-12-2-3-12/h1,7,12,17,20H,2-6,8-11H2. The molecule has 2 N–H and O–H groups in total. The summed E-state index contributed by atoms with van der Waals surface area (Å²) in [5.74, 6) is -1.83. The number of β-amino-alcohol motifs (C(OH)–C–C–N with tert-alkyl or cyclic N) is 1. The number of piperidine rings is 1. The number of hydrogen-bond donors (Lipinski definition) is 2. The smallest absolute Gasteiger partial charge is 0.250 e. The second kappa shape index (κ2) is 5.24. The molecule has 3 aliphatic rings. The minimum atomic E-state index is -2.53. The predicted molar refractivity (Wildman–Crippen MR) is 71.9 cm³/mol. The molecule has 20 heavy (non-hydrogen) atoms. The molecule has 1 unspecified atom stereocenters. The molecule has 2 heterocycles. The maximum absolute atomic E-state index is 13.2. The van der Waals surface area contributed by atoms with Crippen LogP contribution in [0.1, 0.15) is 32.1 Å². The predicted octanol–water partition coefficient (Wildman–Crippen LogP) is 1.54. The molecule has 6 heteroatoms. The van der Waals surface area contributed by atoms with E-state index in [4.69, 9.17) is 0 Å². The van der Waals surface area contributed by atoms with E-state index < -0.39 is 11.6 Å². The summed E-state index contributed by atoms with van der Waals surface area (Å²) >= 11 is 0. The Kier molecular flexibility index (Phi) is 3.73. The molecule has 2 fully saturated rings. The van der Waals surface area contributed by atoms with Gasteiger partial charge in [0.25, 0.3) is 5.92 Å². The van der Waals surface area contributed by atoms with Crippen molar-refractivity contribution in [2.24, 2.45) is 5.92 Å². The summed E-state index contributed by atoms with van der Waals surface area (Å²) in [6.07, 6.45) is 6.65. The quantitative estimate of drug-likeness (QED) is 0.769. The normalized spacial score (nSPS) is 34.5. The molecule has 1 saturated heterocycles. The highest BCUT2D eigenvalue weighted by molar-refractivity contribution is 4.99. The minimum Gasteiger partial charge on any atom is -0.374 e. The maximum atomic E-state index is 13.2. The molecule has 1 aliphatic carbocycles. The Morgan fingerprint density at radius 2 is 1.95 bits per heavy atom. The fraction of sp³-hybridized carbons (Fsp3) is 0.857. The first-order chi connectivity index (χ1) is 9.46. The van der Waals surface area contributed by atoms with Crippen molar-refractivity contribution in [1.29, 1.82) is 0 Å². The second-order valence-corrected chi connectivity index (χ2v) is 6.35. The second-order valence-electron chi connectivity index (χ2n) is 6.35. The van der Waals surface area contributed by atoms with Gasteiger partial charge in [0.2, 0.25) is 0 Å². The van der Waals surface area contributed by atoms with Crippen LogP contribution < -0.4 is 5.32 Å². The van der Waals surface area contributed by atoms with Crippen LogP contribution in [-0.2, 0) is 0 Å². The molecule has 1 saturated carbocycles. The van der Waals surface area contributed by atoms with Crippen molar-refractivity contribution >= 4 is 0 Å². The average molecular weight is 287 g/mol. The van der Waals surface area contributed by atoms with Crippen molar-refractivity contribution in [2.75, 3.05) is 26.2 Å². The van der Waals surface area contributed by atoms with Gasteiger partial charge in [-0.3, -0.25) is 5.32 Å². The average Bonchev–Trinajstić information content (AvgIpc) is 3.20. The van der Waals surface area contributed by atoms with Crippen LogP contribution in [0.3, 0.4) is 0 Å². The highest BCUT2D eigenvalue weighted by Crippen LogP contribution is 2.31. The van der Waals surface area contributed by atoms with E-state index in [1.807, 2.05) is 22.3 Å². The number of aliphatic hydroxyl groups is 1. The van der Waals surface area contributed by atoms with E-state index in [0.717, 1.165) is 6.54 Å². The third kappa shape index (κ3) is 3.48. The molecular formula is C14H23F2N3O. The van der Waals surface area contributed by atoms with Crippen molar-refractivity contribution in [2.45, 2.75) is 43.8 Å². The molecule has 0 amide bonds. The molecule has 1 atom stereocenters. The third-order valence-electron chi connectivity index (χ3n) is 4.41. The van der Waals surface area contributed by atoms with Crippen LogP contribution in [0.15, 0.2) is 12.3 Å². The third-order valence-corrected chi connectivity index (χ3v) is 4.41. The van der Waals surface area contributed by atoms with Crippen molar-refractivity contribution < 1.29 is 13.9 Å². The lowest BCUT2D eigenvalue weighted by Gasteiger charge is -2.45. The summed E-state index contributed by atoms with van der Waals surface area (Å²) in [7, 11) is 0. The van der Waals surface area contributed by atoms with Gasteiger partial charge in [-0.15, -0.1) is 0 Å². The van der Waals surface area contributed by atoms with E-state index in [0.29, 0.717) is 32.0 Å². The largest absolute Gasteiger partial charge is 0.374 e. The highest BCUT2D eigenvalue weighted by atomic mass is 19.3. The summed E-state index contributed by atoms with van der Waals surface area (Å²) in [6, 6.07) is 0. The number of hydrogen-bond acceptors (Lipinski definition) is 4. The number of hydrazine groups is 1. The van der Waals surface area contributed by atoms with Crippen LogP contribution in [0.2, 0.25) is 0 Å². The van der Waals surface area contributed by atoms with Gasteiger partial charge in [-0.1, -0.05) is 6.08 Å². The molecule has 0 spiro atoms. The van der Waals surface area contributed by atoms with E-state index in [-0.39, 0.29) is 12.8 Å². The molecule has 4 nitrogen and oxygen atoms in total. The molecule has 114 valence electrons. The van der Waals surface area contributed by atoms with Gasteiger partial charge in [-0.25, -0.2) is 13.8 Å². The Morgan fingerprint density at radius 3 is 2.60 bits per heavy atom. The Balaban J connectivity index is 1.54. The Bertz CT molecular complexity index is 377. The van der Waals surface area contributed by atoms with E-state index >= 15 is 0 Å². The fourth-order valence-corrected chi connectivity index (χ4v) is 2.81. The number of rotatable bonds is 4. The van der Waals surface area contributed by atoms with Crippen LogP contribution in [-0.4, -0.2) is 53.0 Å². The lowest BCUT2D eigenvalue weighted by molar-refractivity contribution is -0.131. The zero-order valence-electron chi connectivity index (χ0n) is 11.7. The van der Waals surface area contributed by atoms with Gasteiger partial charge in [0.05, 0.1) is 6.54 Å². The van der Waals surface area contributed by atoms with Gasteiger partial charge in [0, 0.05) is 45.1 Å². The fourth-order valence-electron chi connectivity index (χ4n) is 2.81. The molecular weight excluding hydrogens is 264 g/mol. The SMILES string of the molecule is OC1(NCC2CC2)CC=CN(N2CCC(F)(F)CC2)C1. The topological polar surface area (TPSA) is 38.7 Å². The lowest BCUT2D eigenvalue weighted by atomic mass is 10.1. The van der Waals surface area contributed by atoms with E-state index in [1.165, 1.54) is 12.8 Å². The lowest BCUT2D eigenvalue weighted by Crippen LogP contribution is -2.59. The first-order valence-corrected chi connectivity index (χ1v) is 7.49. The molecule has 0 radical (unpaired) electrons. The Morgan fingerprint density at radius 1 is 1.25 bits per heavy atom. The van der Waals surface area contributed by atoms with Crippen LogP contribution in [0.25, 0.3) is 0 Å². The van der Waals surface area contributed by atoms with Gasteiger partial charge in [-0.2, -0.15) is 0 Å². The van der Waals surface area contributed by atoms with Gasteiger partial charge < -0.3 is 10.1 Å². The maximum Gasteiger partial charge on any atom is 0.250 e. The van der Waals surface area contributed by atoms with Crippen LogP contribution in [0, 0.1) is 5.92 Å². The van der Waals surface area contributed by atoms with Gasteiger partial charge >= 0.3 is 0 Å². The number of nitrogens with one attached hydrogen (secondary N) is 1. The highest BCUT2D eigenvalue weighted by Gasteiger charge is 2.38. The summed E-state index contributed by atoms with van der Waals surface area (Å²) in [5.41, 5.74) is -0.933. The summed E-state index contributed by atoms with van der Waals surface area (Å²) in [4.78, 5) is 0. The Hall–Kier alpha value is -0.720. The van der Waals surface area contributed by atoms with E-state index in [9.17, 15) is 13.9 Å². The Labute approximate surface area is 118 Å². The molecule has 0 aromatic carbocycles. The zero-order chi connectivity index (χ0) is 14.2. The first kappa shape index (κ1) is 14.2. The summed E-state index contributed by atoms with van der Waals surface area (Å²) in [5, 5.41) is 17.6. The first-order valence-electron chi connectivity index (χ1n) is 7.49. The van der Waals surface area contributed by atoms with Crippen LogP contribution in [0.4, 0.5) is 8.78 Å². The van der Waals surface area contributed by atoms with Crippen LogP contribution >= 0.6 is 0 Å². The van der Waals surface area contributed by atoms with Gasteiger partial charge in [0.1, 0.15) is 5.72 Å². The molecule has 0 aromatic heterocycles. The van der Waals surface area contributed by atoms with E-state index in [2.05, 4.69) is 5.32 Å². The molecule has 3 rings (SSSR count). The zero-order valence-corrected chi connectivity index (χ0v) is 11.7. The van der Waals surface area contributed by atoms with Crippen molar-refractivity contribution in [3.63, 3.8) is 0 Å². The van der Waals surface area contributed by atoms with Gasteiger partial charge in [-0.05, 0) is 18.8 Å². The minimum absolute atomic E-state index is 0.106. The van der Waals surface area contributed by atoms with Crippen LogP contribution in [0.5, 0.6) is 0 Å². The monoisotopic (exact) mass is 287 g/mol. The summed E-state index contributed by atoms with van der Waals surface area (Å²) in [6.45, 7) is 1.96. The van der Waals surface area contributed by atoms with Crippen molar-refractivity contribution in [3.8, 4) is 0 Å². The van der Waals surface area contributed by atoms with Crippen molar-refractivity contribution in [1.82, 2.24) is 15.3 Å².